The maximum atomic E-state index is 13.0. The predicted octanol–water partition coefficient (Wildman–Crippen LogP) is 2.75. The molecule has 0 spiro atoms. The first kappa shape index (κ1) is 17.7. The highest BCUT2D eigenvalue weighted by Gasteiger charge is 2.34. The molecule has 0 bridgehead atoms. The van der Waals surface area contributed by atoms with Crippen molar-refractivity contribution in [3.8, 4) is 11.5 Å². The lowest BCUT2D eigenvalue weighted by Crippen LogP contribution is -2.49. The van der Waals surface area contributed by atoms with E-state index in [1.165, 1.54) is 4.90 Å². The quantitative estimate of drug-likeness (QED) is 0.737. The summed E-state index contributed by atoms with van der Waals surface area (Å²) in [6.07, 6.45) is -0.922. The molecule has 0 saturated heterocycles. The van der Waals surface area contributed by atoms with E-state index >= 15 is 0 Å². The number of hydrogen-bond acceptors (Lipinski definition) is 5. The van der Waals surface area contributed by atoms with Crippen molar-refractivity contribution in [1.29, 1.82) is 0 Å². The van der Waals surface area contributed by atoms with Crippen LogP contribution in [0.5, 0.6) is 11.5 Å². The normalized spacial score (nSPS) is 15.4. The van der Waals surface area contributed by atoms with Gasteiger partial charge < -0.3 is 19.6 Å². The van der Waals surface area contributed by atoms with E-state index < -0.39 is 12.0 Å². The Hall–Kier alpha value is -3.74. The summed E-state index contributed by atoms with van der Waals surface area (Å²) in [5.41, 5.74) is 5.94. The van der Waals surface area contributed by atoms with Crippen LogP contribution in [-0.4, -0.2) is 24.5 Å². The average molecular weight is 378 g/mol. The Balaban J connectivity index is 1.52. The molecule has 3 aromatic rings. The molecule has 142 valence electrons. The lowest BCUT2D eigenvalue weighted by molar-refractivity contribution is -0.124. The fraction of sp³-hybridized carbons (Fsp3) is 0.143. The summed E-state index contributed by atoms with van der Waals surface area (Å²) in [6.45, 7) is 0.211. The Labute approximate surface area is 161 Å². The van der Waals surface area contributed by atoms with Crippen LogP contribution in [0, 0.1) is 0 Å². The number of ether oxygens (including phenoxy) is 2. The number of benzene rings is 2. The van der Waals surface area contributed by atoms with Gasteiger partial charge in [-0.25, -0.2) is 0 Å². The number of para-hydroxylation sites is 3. The van der Waals surface area contributed by atoms with E-state index in [1.54, 1.807) is 36.4 Å². The zero-order valence-electron chi connectivity index (χ0n) is 14.9. The third kappa shape index (κ3) is 3.55. The number of anilines is 1. The summed E-state index contributed by atoms with van der Waals surface area (Å²) in [4.78, 5) is 26.1. The Morgan fingerprint density at radius 3 is 2.57 bits per heavy atom. The molecule has 4 rings (SSSR count). The van der Waals surface area contributed by atoms with Gasteiger partial charge in [-0.15, -0.1) is 0 Å². The second-order valence-corrected chi connectivity index (χ2v) is 6.26. The monoisotopic (exact) mass is 378 g/mol. The van der Waals surface area contributed by atoms with Crippen LogP contribution in [0.25, 0.3) is 0 Å². The topological polar surface area (TPSA) is 95.0 Å². The van der Waals surface area contributed by atoms with Crippen molar-refractivity contribution < 1.29 is 23.5 Å². The van der Waals surface area contributed by atoms with Crippen molar-refractivity contribution in [2.75, 3.05) is 11.4 Å². The number of rotatable bonds is 5. The van der Waals surface area contributed by atoms with Crippen LogP contribution in [0.4, 0.5) is 5.69 Å². The van der Waals surface area contributed by atoms with Crippen molar-refractivity contribution in [3.05, 3.63) is 78.3 Å². The van der Waals surface area contributed by atoms with E-state index in [0.717, 1.165) is 0 Å². The maximum Gasteiger partial charge on any atom is 0.294 e. The molecule has 2 heterocycles. The molecule has 2 N–H and O–H groups in total. The standard InChI is InChI=1S/C21H18N2O5/c22-20(24)19-12-23(16-8-4-5-9-17(16)28-19)21(25)18-11-10-15(27-18)13-26-14-6-2-1-3-7-14/h1-11,19H,12-13H2,(H2,22,24)/t19-/m0/s1. The van der Waals surface area contributed by atoms with Gasteiger partial charge in [-0.05, 0) is 36.4 Å². The number of fused-ring (bicyclic) bond motifs is 1. The summed E-state index contributed by atoms with van der Waals surface area (Å²) in [5.74, 6) is 0.770. The molecule has 1 aliphatic heterocycles. The van der Waals surface area contributed by atoms with Gasteiger partial charge in [0.15, 0.2) is 11.9 Å². The number of nitrogens with two attached hydrogens (primary N) is 1. The molecule has 1 aliphatic rings. The lowest BCUT2D eigenvalue weighted by atomic mass is 10.1. The predicted molar refractivity (Wildman–Crippen MR) is 101 cm³/mol. The van der Waals surface area contributed by atoms with Gasteiger partial charge in [0, 0.05) is 0 Å². The zero-order chi connectivity index (χ0) is 19.5. The van der Waals surface area contributed by atoms with Gasteiger partial charge in [-0.3, -0.25) is 14.5 Å². The van der Waals surface area contributed by atoms with E-state index in [-0.39, 0.29) is 24.8 Å². The molecule has 0 unspecified atom stereocenters. The number of carbonyl (C=O) groups is 2. The van der Waals surface area contributed by atoms with Gasteiger partial charge in [0.05, 0.1) is 12.2 Å². The van der Waals surface area contributed by atoms with Crippen LogP contribution >= 0.6 is 0 Å². The Kier molecular flexibility index (Phi) is 4.72. The van der Waals surface area contributed by atoms with E-state index in [0.29, 0.717) is 22.9 Å². The number of amides is 2. The van der Waals surface area contributed by atoms with Gasteiger partial charge in [0.2, 0.25) is 0 Å². The molecule has 2 amide bonds. The average Bonchev–Trinajstić information content (AvgIpc) is 3.20. The van der Waals surface area contributed by atoms with Crippen LogP contribution in [0.1, 0.15) is 16.3 Å². The smallest absolute Gasteiger partial charge is 0.294 e. The Bertz CT molecular complexity index is 999. The summed E-state index contributed by atoms with van der Waals surface area (Å²) in [6, 6.07) is 19.6. The molecule has 7 nitrogen and oxygen atoms in total. The fourth-order valence-corrected chi connectivity index (χ4v) is 2.95. The van der Waals surface area contributed by atoms with Crippen LogP contribution < -0.4 is 20.1 Å². The summed E-state index contributed by atoms with van der Waals surface area (Å²) >= 11 is 0. The van der Waals surface area contributed by atoms with Gasteiger partial charge in [0.25, 0.3) is 11.8 Å². The number of nitrogens with zero attached hydrogens (tertiary/aromatic N) is 1. The number of furan rings is 1. The highest BCUT2D eigenvalue weighted by molar-refractivity contribution is 6.06. The van der Waals surface area contributed by atoms with Gasteiger partial charge in [-0.1, -0.05) is 30.3 Å². The van der Waals surface area contributed by atoms with Crippen molar-refractivity contribution in [2.45, 2.75) is 12.7 Å². The highest BCUT2D eigenvalue weighted by Crippen LogP contribution is 2.34. The van der Waals surface area contributed by atoms with Gasteiger partial charge in [0.1, 0.15) is 23.9 Å². The SMILES string of the molecule is NC(=O)[C@@H]1CN(C(=O)c2ccc(COc3ccccc3)o2)c2ccccc2O1. The van der Waals surface area contributed by atoms with Gasteiger partial charge in [-0.2, -0.15) is 0 Å². The van der Waals surface area contributed by atoms with Crippen molar-refractivity contribution >= 4 is 17.5 Å². The van der Waals surface area contributed by atoms with Crippen LogP contribution in [-0.2, 0) is 11.4 Å². The minimum atomic E-state index is -0.922. The van der Waals surface area contributed by atoms with E-state index in [4.69, 9.17) is 19.6 Å². The second kappa shape index (κ2) is 7.48. The molecule has 1 aromatic heterocycles. The minimum absolute atomic E-state index is 0.0156. The lowest BCUT2D eigenvalue weighted by Gasteiger charge is -2.32. The molecule has 1 atom stereocenters. The third-order valence-electron chi connectivity index (χ3n) is 4.33. The molecule has 0 radical (unpaired) electrons. The number of carbonyl (C=O) groups excluding carboxylic acids is 2. The molecule has 2 aromatic carbocycles. The van der Waals surface area contributed by atoms with E-state index in [9.17, 15) is 9.59 Å². The number of hydrogen-bond donors (Lipinski definition) is 1. The zero-order valence-corrected chi connectivity index (χ0v) is 14.9. The summed E-state index contributed by atoms with van der Waals surface area (Å²) < 4.78 is 16.9. The van der Waals surface area contributed by atoms with E-state index in [2.05, 4.69) is 0 Å². The van der Waals surface area contributed by atoms with Crippen molar-refractivity contribution in [1.82, 2.24) is 0 Å². The van der Waals surface area contributed by atoms with Crippen LogP contribution in [0.2, 0.25) is 0 Å². The summed E-state index contributed by atoms with van der Waals surface area (Å²) in [5, 5.41) is 0. The molecule has 28 heavy (non-hydrogen) atoms. The van der Waals surface area contributed by atoms with Crippen LogP contribution in [0.3, 0.4) is 0 Å². The van der Waals surface area contributed by atoms with Crippen LogP contribution in [0.15, 0.2) is 71.1 Å². The molecule has 0 saturated carbocycles. The maximum absolute atomic E-state index is 13.0. The molecule has 0 aliphatic carbocycles. The second-order valence-electron chi connectivity index (χ2n) is 6.26. The molecule has 0 fully saturated rings. The minimum Gasteiger partial charge on any atom is -0.486 e. The van der Waals surface area contributed by atoms with Crippen molar-refractivity contribution in [2.24, 2.45) is 5.73 Å². The molecular weight excluding hydrogens is 360 g/mol. The van der Waals surface area contributed by atoms with Gasteiger partial charge >= 0.3 is 0 Å². The molecule has 7 heteroatoms. The first-order chi connectivity index (χ1) is 13.6. The van der Waals surface area contributed by atoms with Crippen molar-refractivity contribution in [3.63, 3.8) is 0 Å². The summed E-state index contributed by atoms with van der Waals surface area (Å²) in [7, 11) is 0. The Morgan fingerprint density at radius 2 is 1.79 bits per heavy atom. The number of primary amides is 1. The first-order valence-corrected chi connectivity index (χ1v) is 8.75. The molecular formula is C21H18N2O5. The fourth-order valence-electron chi connectivity index (χ4n) is 2.95. The largest absolute Gasteiger partial charge is 0.486 e. The van der Waals surface area contributed by atoms with E-state index in [1.807, 2.05) is 30.3 Å². The highest BCUT2D eigenvalue weighted by atomic mass is 16.5. The Morgan fingerprint density at radius 1 is 1.04 bits per heavy atom. The third-order valence-corrected chi connectivity index (χ3v) is 4.33. The first-order valence-electron chi connectivity index (χ1n) is 8.75.